The van der Waals surface area contributed by atoms with Gasteiger partial charge in [-0.1, -0.05) is 41.4 Å². The van der Waals surface area contributed by atoms with Gasteiger partial charge >= 0.3 is 0 Å². The number of hydrazone groups is 1. The predicted octanol–water partition coefficient (Wildman–Crippen LogP) is 5.89. The molecule has 0 fully saturated rings. The molecule has 0 saturated heterocycles. The van der Waals surface area contributed by atoms with Gasteiger partial charge in [0.1, 0.15) is 10.6 Å². The number of thiophene rings is 2. The van der Waals surface area contributed by atoms with E-state index in [2.05, 4.69) is 10.5 Å². The Hall–Kier alpha value is -2.12. The van der Waals surface area contributed by atoms with E-state index in [9.17, 15) is 9.90 Å². The molecule has 0 aliphatic rings. The zero-order valence-electron chi connectivity index (χ0n) is 13.0. The lowest BCUT2D eigenvalue weighted by molar-refractivity contribution is 0.0959. The molecule has 0 aliphatic heterocycles. The van der Waals surface area contributed by atoms with E-state index in [4.69, 9.17) is 23.2 Å². The zero-order chi connectivity index (χ0) is 18.3. The molecule has 0 aliphatic carbocycles. The van der Waals surface area contributed by atoms with Gasteiger partial charge in [0.15, 0.2) is 0 Å². The highest BCUT2D eigenvalue weighted by Gasteiger charge is 2.17. The minimum Gasteiger partial charge on any atom is -0.506 e. The van der Waals surface area contributed by atoms with E-state index in [0.717, 1.165) is 20.2 Å². The molecule has 0 radical (unpaired) electrons. The van der Waals surface area contributed by atoms with E-state index in [0.29, 0.717) is 19.8 Å². The number of nitrogens with one attached hydrogen (secondary N) is 1. The molecular weight excluding hydrogens is 411 g/mol. The van der Waals surface area contributed by atoms with Crippen LogP contribution in [-0.4, -0.2) is 17.2 Å². The Labute approximate surface area is 166 Å². The van der Waals surface area contributed by atoms with Gasteiger partial charge in [-0.15, -0.1) is 22.7 Å². The van der Waals surface area contributed by atoms with Gasteiger partial charge in [0.25, 0.3) is 5.91 Å². The third-order valence-corrected chi connectivity index (χ3v) is 6.73. The standard InChI is InChI=1S/C18H10Cl2N2O2S2/c19-9-5-6-10-13(7-9)26-17(15(10)20)18(24)22-21-8-14-16(23)11-3-1-2-4-12(11)25-14/h1-8,23H,(H,22,24)/b21-8+. The van der Waals surface area contributed by atoms with Crippen LogP contribution in [0.1, 0.15) is 14.5 Å². The zero-order valence-corrected chi connectivity index (χ0v) is 16.1. The van der Waals surface area contributed by atoms with Gasteiger partial charge in [0.2, 0.25) is 0 Å². The van der Waals surface area contributed by atoms with Crippen molar-refractivity contribution in [3.63, 3.8) is 0 Å². The fourth-order valence-corrected chi connectivity index (χ4v) is 5.18. The predicted molar refractivity (Wildman–Crippen MR) is 110 cm³/mol. The fourth-order valence-electron chi connectivity index (χ4n) is 2.52. The molecule has 8 heteroatoms. The lowest BCUT2D eigenvalue weighted by atomic mass is 10.2. The van der Waals surface area contributed by atoms with Crippen LogP contribution < -0.4 is 5.43 Å². The highest BCUT2D eigenvalue weighted by Crippen LogP contribution is 2.37. The number of carbonyl (C=O) groups excluding carboxylic acids is 1. The Morgan fingerprint density at radius 1 is 1.08 bits per heavy atom. The first-order valence-corrected chi connectivity index (χ1v) is 9.85. The number of hydrogen-bond donors (Lipinski definition) is 2. The van der Waals surface area contributed by atoms with Crippen LogP contribution in [0.3, 0.4) is 0 Å². The van der Waals surface area contributed by atoms with Crippen molar-refractivity contribution in [2.24, 2.45) is 5.10 Å². The van der Waals surface area contributed by atoms with Crippen LogP contribution in [0.5, 0.6) is 5.75 Å². The molecule has 2 heterocycles. The van der Waals surface area contributed by atoms with Crippen LogP contribution >= 0.6 is 45.9 Å². The highest BCUT2D eigenvalue weighted by atomic mass is 35.5. The van der Waals surface area contributed by atoms with E-state index in [-0.39, 0.29) is 5.75 Å². The number of aromatic hydroxyl groups is 1. The summed E-state index contributed by atoms with van der Waals surface area (Å²) in [4.78, 5) is 13.3. The van der Waals surface area contributed by atoms with E-state index >= 15 is 0 Å². The Morgan fingerprint density at radius 3 is 2.69 bits per heavy atom. The number of amides is 1. The molecule has 0 spiro atoms. The molecule has 130 valence electrons. The number of hydrogen-bond acceptors (Lipinski definition) is 5. The lowest BCUT2D eigenvalue weighted by Crippen LogP contribution is -2.16. The van der Waals surface area contributed by atoms with Crippen molar-refractivity contribution < 1.29 is 9.90 Å². The monoisotopic (exact) mass is 420 g/mol. The molecule has 4 aromatic rings. The summed E-state index contributed by atoms with van der Waals surface area (Å²) in [5.74, 6) is -0.262. The molecule has 0 unspecified atom stereocenters. The molecule has 26 heavy (non-hydrogen) atoms. The van der Waals surface area contributed by atoms with Gasteiger partial charge in [0.05, 0.1) is 16.1 Å². The maximum absolute atomic E-state index is 12.4. The fraction of sp³-hybridized carbons (Fsp3) is 0. The largest absolute Gasteiger partial charge is 0.506 e. The molecule has 2 aromatic heterocycles. The van der Waals surface area contributed by atoms with Crippen molar-refractivity contribution in [1.29, 1.82) is 0 Å². The minimum atomic E-state index is -0.413. The van der Waals surface area contributed by atoms with Crippen molar-refractivity contribution in [3.05, 3.63) is 62.3 Å². The molecular formula is C18H10Cl2N2O2S2. The molecule has 2 aromatic carbocycles. The maximum Gasteiger partial charge on any atom is 0.283 e. The number of nitrogens with zero attached hydrogens (tertiary/aromatic N) is 1. The first-order valence-electron chi connectivity index (χ1n) is 7.46. The van der Waals surface area contributed by atoms with Crippen LogP contribution in [0, 0.1) is 0 Å². The summed E-state index contributed by atoms with van der Waals surface area (Å²) in [7, 11) is 0. The normalized spacial score (nSPS) is 11.6. The van der Waals surface area contributed by atoms with Gasteiger partial charge in [-0.25, -0.2) is 5.43 Å². The SMILES string of the molecule is O=C(N/N=C/c1sc2ccccc2c1O)c1sc2cc(Cl)ccc2c1Cl. The molecule has 0 atom stereocenters. The molecule has 4 rings (SSSR count). The third kappa shape index (κ3) is 3.05. The van der Waals surface area contributed by atoms with Gasteiger partial charge in [0, 0.05) is 25.2 Å². The average molecular weight is 421 g/mol. The van der Waals surface area contributed by atoms with Crippen LogP contribution in [0.2, 0.25) is 10.0 Å². The highest BCUT2D eigenvalue weighted by molar-refractivity contribution is 7.21. The Kier molecular flexibility index (Phi) is 4.58. The maximum atomic E-state index is 12.4. The van der Waals surface area contributed by atoms with Crippen molar-refractivity contribution in [2.45, 2.75) is 0 Å². The second-order valence-electron chi connectivity index (χ2n) is 5.40. The summed E-state index contributed by atoms with van der Waals surface area (Å²) in [5.41, 5.74) is 2.45. The summed E-state index contributed by atoms with van der Waals surface area (Å²) in [6, 6.07) is 12.8. The second kappa shape index (κ2) is 6.89. The number of rotatable bonds is 3. The number of benzene rings is 2. The summed E-state index contributed by atoms with van der Waals surface area (Å²) >= 11 is 14.9. The summed E-state index contributed by atoms with van der Waals surface area (Å²) in [6.07, 6.45) is 1.43. The Balaban J connectivity index is 1.57. The summed E-state index contributed by atoms with van der Waals surface area (Å²) < 4.78 is 1.78. The minimum absolute atomic E-state index is 0.151. The smallest absolute Gasteiger partial charge is 0.283 e. The van der Waals surface area contributed by atoms with Crippen LogP contribution in [0.25, 0.3) is 20.2 Å². The second-order valence-corrected chi connectivity index (χ2v) is 8.35. The molecule has 1 amide bonds. The Morgan fingerprint density at radius 2 is 1.88 bits per heavy atom. The van der Waals surface area contributed by atoms with Crippen molar-refractivity contribution in [1.82, 2.24) is 5.43 Å². The topological polar surface area (TPSA) is 61.7 Å². The van der Waals surface area contributed by atoms with E-state index in [1.165, 1.54) is 28.9 Å². The van der Waals surface area contributed by atoms with E-state index < -0.39 is 5.91 Å². The van der Waals surface area contributed by atoms with Crippen LogP contribution in [0.15, 0.2) is 47.6 Å². The lowest BCUT2D eigenvalue weighted by Gasteiger charge is -1.97. The van der Waals surface area contributed by atoms with Crippen LogP contribution in [0.4, 0.5) is 0 Å². The van der Waals surface area contributed by atoms with Gasteiger partial charge in [-0.05, 0) is 24.3 Å². The van der Waals surface area contributed by atoms with Gasteiger partial charge in [-0.2, -0.15) is 5.10 Å². The number of carbonyl (C=O) groups is 1. The first kappa shape index (κ1) is 17.3. The summed E-state index contributed by atoms with van der Waals surface area (Å²) in [6.45, 7) is 0. The van der Waals surface area contributed by atoms with Crippen LogP contribution in [-0.2, 0) is 0 Å². The molecule has 0 bridgehead atoms. The molecule has 2 N–H and O–H groups in total. The van der Waals surface area contributed by atoms with Crippen molar-refractivity contribution in [2.75, 3.05) is 0 Å². The van der Waals surface area contributed by atoms with E-state index in [1.54, 1.807) is 18.2 Å². The van der Waals surface area contributed by atoms with Gasteiger partial charge < -0.3 is 5.11 Å². The summed E-state index contributed by atoms with van der Waals surface area (Å²) in [5, 5.41) is 16.7. The van der Waals surface area contributed by atoms with E-state index in [1.807, 2.05) is 24.3 Å². The van der Waals surface area contributed by atoms with Gasteiger partial charge in [-0.3, -0.25) is 4.79 Å². The molecule has 4 nitrogen and oxygen atoms in total. The quantitative estimate of drug-likeness (QED) is 0.320. The van der Waals surface area contributed by atoms with Crippen molar-refractivity contribution in [3.8, 4) is 5.75 Å². The average Bonchev–Trinajstić information content (AvgIpc) is 3.12. The first-order chi connectivity index (χ1) is 12.5. The number of halogens is 2. The Bertz CT molecular complexity index is 1180. The molecule has 0 saturated carbocycles. The number of fused-ring (bicyclic) bond motifs is 2. The van der Waals surface area contributed by atoms with Crippen molar-refractivity contribution >= 4 is 78.2 Å². The third-order valence-electron chi connectivity index (χ3n) is 3.74.